The van der Waals surface area contributed by atoms with Gasteiger partial charge >= 0.3 is 0 Å². The molecule has 0 aliphatic carbocycles. The van der Waals surface area contributed by atoms with E-state index >= 15 is 0 Å². The van der Waals surface area contributed by atoms with Gasteiger partial charge in [-0.2, -0.15) is 0 Å². The third-order valence-corrected chi connectivity index (χ3v) is 5.45. The highest BCUT2D eigenvalue weighted by atomic mass is 127. The second kappa shape index (κ2) is 13.6. The number of rotatable bonds is 11. The minimum absolute atomic E-state index is 0. The van der Waals surface area contributed by atoms with Crippen LogP contribution >= 0.6 is 24.0 Å². The summed E-state index contributed by atoms with van der Waals surface area (Å²) in [5.74, 6) is 0.826. The largest absolute Gasteiger partial charge is 0.396 e. The summed E-state index contributed by atoms with van der Waals surface area (Å²) in [5, 5.41) is 16.2. The lowest BCUT2D eigenvalue weighted by molar-refractivity contribution is 0.169. The Labute approximate surface area is 192 Å². The predicted molar refractivity (Wildman–Crippen MR) is 131 cm³/mol. The monoisotopic (exact) mass is 513 g/mol. The molecule has 0 saturated heterocycles. The van der Waals surface area contributed by atoms with Crippen LogP contribution in [0.25, 0.3) is 0 Å². The number of aliphatic hydroxyl groups excluding tert-OH is 1. The van der Waals surface area contributed by atoms with E-state index in [0.717, 1.165) is 44.9 Å². The lowest BCUT2D eigenvalue weighted by Crippen LogP contribution is -2.43. The Balaban J connectivity index is 0.00000420. The van der Waals surface area contributed by atoms with Crippen LogP contribution < -0.4 is 10.6 Å². The van der Waals surface area contributed by atoms with E-state index in [9.17, 15) is 5.11 Å². The highest BCUT2D eigenvalue weighted by molar-refractivity contribution is 14.0. The summed E-state index contributed by atoms with van der Waals surface area (Å²) < 4.78 is 2.06. The molecule has 0 bridgehead atoms. The third-order valence-electron chi connectivity index (χ3n) is 5.45. The zero-order valence-electron chi connectivity index (χ0n) is 17.9. The number of hydrogen-bond acceptors (Lipinski definition) is 3. The second-order valence-corrected chi connectivity index (χ2v) is 7.28. The summed E-state index contributed by atoms with van der Waals surface area (Å²) in [5.41, 5.74) is 2.53. The number of imidazole rings is 1. The van der Waals surface area contributed by atoms with Crippen LogP contribution in [0, 0.1) is 5.41 Å². The van der Waals surface area contributed by atoms with Crippen LogP contribution in [0.3, 0.4) is 0 Å². The molecule has 0 radical (unpaired) electrons. The van der Waals surface area contributed by atoms with Crippen molar-refractivity contribution >= 4 is 29.9 Å². The fourth-order valence-electron chi connectivity index (χ4n) is 3.38. The average molecular weight is 513 g/mol. The highest BCUT2D eigenvalue weighted by Crippen LogP contribution is 2.29. The molecule has 1 aromatic heterocycles. The maximum atomic E-state index is 9.42. The van der Waals surface area contributed by atoms with Crippen LogP contribution in [0.15, 0.2) is 48.0 Å². The van der Waals surface area contributed by atoms with Crippen LogP contribution in [0.5, 0.6) is 0 Å². The van der Waals surface area contributed by atoms with E-state index in [-0.39, 0.29) is 36.0 Å². The number of aliphatic imine (C=N–C) groups is 1. The Morgan fingerprint density at radius 3 is 2.55 bits per heavy atom. The Morgan fingerprint density at radius 1 is 1.17 bits per heavy atom. The molecule has 2 aromatic rings. The first kappa shape index (κ1) is 25.4. The Bertz CT molecular complexity index is 714. The summed E-state index contributed by atoms with van der Waals surface area (Å²) in [6, 6.07) is 8.51. The zero-order chi connectivity index (χ0) is 20.2. The van der Waals surface area contributed by atoms with E-state index in [1.54, 1.807) is 6.20 Å². The van der Waals surface area contributed by atoms with Gasteiger partial charge in [-0.3, -0.25) is 0 Å². The molecular weight excluding hydrogens is 477 g/mol. The molecule has 0 amide bonds. The molecule has 29 heavy (non-hydrogen) atoms. The summed E-state index contributed by atoms with van der Waals surface area (Å²) in [6.07, 6.45) is 8.48. The maximum absolute atomic E-state index is 9.42. The number of benzene rings is 1. The van der Waals surface area contributed by atoms with Gasteiger partial charge in [0.15, 0.2) is 5.96 Å². The van der Waals surface area contributed by atoms with Gasteiger partial charge in [-0.1, -0.05) is 38.1 Å². The normalized spacial score (nSPS) is 11.8. The quantitative estimate of drug-likeness (QED) is 0.243. The number of nitrogens with one attached hydrogen (secondary N) is 2. The van der Waals surface area contributed by atoms with Gasteiger partial charge in [0.2, 0.25) is 0 Å². The lowest BCUT2D eigenvalue weighted by atomic mass is 9.79. The number of nitrogens with zero attached hydrogens (tertiary/aromatic N) is 3. The van der Waals surface area contributed by atoms with E-state index in [1.165, 1.54) is 11.1 Å². The van der Waals surface area contributed by atoms with E-state index in [1.807, 2.05) is 12.5 Å². The van der Waals surface area contributed by atoms with Crippen LogP contribution in [0.4, 0.5) is 0 Å². The van der Waals surface area contributed by atoms with E-state index in [4.69, 9.17) is 4.99 Å². The minimum Gasteiger partial charge on any atom is -0.396 e. The molecule has 0 unspecified atom stereocenters. The van der Waals surface area contributed by atoms with Crippen molar-refractivity contribution in [1.82, 2.24) is 20.2 Å². The fourth-order valence-corrected chi connectivity index (χ4v) is 3.38. The fraction of sp³-hybridized carbons (Fsp3) is 0.545. The highest BCUT2D eigenvalue weighted by Gasteiger charge is 2.25. The third kappa shape index (κ3) is 8.34. The SMILES string of the molecule is CCNC(=NCc1cccc(Cn2ccnc2)c1)NCC(CC)(CC)CCO.I. The molecule has 7 heteroatoms. The van der Waals surface area contributed by atoms with Crippen molar-refractivity contribution in [3.63, 3.8) is 0 Å². The summed E-state index contributed by atoms with van der Waals surface area (Å²) in [4.78, 5) is 8.86. The molecule has 0 aliphatic rings. The van der Waals surface area contributed by atoms with Gasteiger partial charge in [0, 0.05) is 38.6 Å². The smallest absolute Gasteiger partial charge is 0.191 e. The van der Waals surface area contributed by atoms with Crippen molar-refractivity contribution in [2.24, 2.45) is 10.4 Å². The molecule has 1 aromatic carbocycles. The standard InChI is InChI=1S/C22H35N5O.HI/c1-4-22(5-2,10-13-28)17-26-21(24-6-3)25-15-19-8-7-9-20(14-19)16-27-12-11-23-18-27;/h7-9,11-12,14,18,28H,4-6,10,13,15-17H2,1-3H3,(H2,24,25,26);1H. The molecule has 1 heterocycles. The van der Waals surface area contributed by atoms with Crippen molar-refractivity contribution in [3.05, 3.63) is 54.1 Å². The molecule has 162 valence electrons. The number of guanidine groups is 1. The van der Waals surface area contributed by atoms with E-state index < -0.39 is 0 Å². The van der Waals surface area contributed by atoms with E-state index in [0.29, 0.717) is 6.54 Å². The van der Waals surface area contributed by atoms with Crippen molar-refractivity contribution < 1.29 is 5.11 Å². The van der Waals surface area contributed by atoms with Gasteiger partial charge in [0.1, 0.15) is 0 Å². The van der Waals surface area contributed by atoms with Crippen molar-refractivity contribution in [3.8, 4) is 0 Å². The van der Waals surface area contributed by atoms with Crippen molar-refractivity contribution in [2.45, 2.75) is 53.1 Å². The zero-order valence-corrected chi connectivity index (χ0v) is 20.2. The van der Waals surface area contributed by atoms with Gasteiger partial charge in [0.25, 0.3) is 0 Å². The summed E-state index contributed by atoms with van der Waals surface area (Å²) in [7, 11) is 0. The van der Waals surface area contributed by atoms with Crippen molar-refractivity contribution in [1.29, 1.82) is 0 Å². The molecule has 2 rings (SSSR count). The molecule has 0 fully saturated rings. The maximum Gasteiger partial charge on any atom is 0.191 e. The number of aromatic nitrogens is 2. The Hall–Kier alpha value is -1.61. The number of aliphatic hydroxyl groups is 1. The second-order valence-electron chi connectivity index (χ2n) is 7.28. The number of halogens is 1. The lowest BCUT2D eigenvalue weighted by Gasteiger charge is -2.32. The van der Waals surface area contributed by atoms with Crippen LogP contribution in [-0.2, 0) is 13.1 Å². The first-order chi connectivity index (χ1) is 13.6. The van der Waals surface area contributed by atoms with Gasteiger partial charge in [-0.15, -0.1) is 24.0 Å². The molecule has 6 nitrogen and oxygen atoms in total. The van der Waals surface area contributed by atoms with Gasteiger partial charge in [0.05, 0.1) is 12.9 Å². The topological polar surface area (TPSA) is 74.5 Å². The summed E-state index contributed by atoms with van der Waals surface area (Å²) in [6.45, 7) is 9.74. The average Bonchev–Trinajstić information content (AvgIpc) is 3.22. The van der Waals surface area contributed by atoms with Gasteiger partial charge in [-0.05, 0) is 42.7 Å². The van der Waals surface area contributed by atoms with E-state index in [2.05, 4.69) is 65.2 Å². The Kier molecular flexibility index (Phi) is 11.9. The van der Waals surface area contributed by atoms with Crippen LogP contribution in [0.1, 0.15) is 51.2 Å². The van der Waals surface area contributed by atoms with Crippen molar-refractivity contribution in [2.75, 3.05) is 19.7 Å². The molecule has 0 aliphatic heterocycles. The van der Waals surface area contributed by atoms with Gasteiger partial charge < -0.3 is 20.3 Å². The van der Waals surface area contributed by atoms with Crippen LogP contribution in [0.2, 0.25) is 0 Å². The minimum atomic E-state index is 0. The molecular formula is C22H36IN5O. The molecule has 0 spiro atoms. The first-order valence-corrected chi connectivity index (χ1v) is 10.3. The van der Waals surface area contributed by atoms with Crippen LogP contribution in [-0.4, -0.2) is 40.3 Å². The number of hydrogen-bond donors (Lipinski definition) is 3. The predicted octanol–water partition coefficient (Wildman–Crippen LogP) is 3.79. The first-order valence-electron chi connectivity index (χ1n) is 10.3. The molecule has 0 saturated carbocycles. The molecule has 3 N–H and O–H groups in total. The van der Waals surface area contributed by atoms with Gasteiger partial charge in [-0.25, -0.2) is 9.98 Å². The Morgan fingerprint density at radius 2 is 1.93 bits per heavy atom. The molecule has 0 atom stereocenters. The summed E-state index contributed by atoms with van der Waals surface area (Å²) >= 11 is 0.